The fourth-order valence-corrected chi connectivity index (χ4v) is 2.00. The molecule has 0 unspecified atom stereocenters. The summed E-state index contributed by atoms with van der Waals surface area (Å²) in [5, 5.41) is 15.0. The Morgan fingerprint density at radius 2 is 2.05 bits per heavy atom. The van der Waals surface area contributed by atoms with E-state index in [9.17, 15) is 0 Å². The number of aromatic nitrogens is 3. The molecule has 1 aromatic carbocycles. The molecule has 0 radical (unpaired) electrons. The lowest BCUT2D eigenvalue weighted by Crippen LogP contribution is -2.08. The Morgan fingerprint density at radius 1 is 1.24 bits per heavy atom. The second-order valence-corrected chi connectivity index (χ2v) is 5.79. The van der Waals surface area contributed by atoms with Crippen LogP contribution in [0.5, 0.6) is 0 Å². The van der Waals surface area contributed by atoms with Gasteiger partial charge in [-0.3, -0.25) is 0 Å². The lowest BCUT2D eigenvalue weighted by Gasteiger charge is -2.10. The highest BCUT2D eigenvalue weighted by Gasteiger charge is 2.07. The third kappa shape index (κ3) is 4.72. The van der Waals surface area contributed by atoms with Crippen molar-refractivity contribution in [2.24, 2.45) is 5.92 Å². The number of hydrogen-bond acceptors (Lipinski definition) is 5. The third-order valence-corrected chi connectivity index (χ3v) is 3.60. The molecule has 0 atom stereocenters. The van der Waals surface area contributed by atoms with Crippen molar-refractivity contribution in [3.8, 4) is 0 Å². The molecule has 5 nitrogen and oxygen atoms in total. The molecule has 1 aromatic heterocycles. The van der Waals surface area contributed by atoms with Gasteiger partial charge in [0.25, 0.3) is 0 Å². The highest BCUT2D eigenvalue weighted by atomic mass is 35.5. The number of nitrogens with one attached hydrogen (secondary N) is 2. The molecule has 0 fully saturated rings. The number of hydrogen-bond donors (Lipinski definition) is 2. The maximum absolute atomic E-state index is 6.12. The highest BCUT2D eigenvalue weighted by molar-refractivity contribution is 6.43. The minimum atomic E-state index is 0.369. The molecule has 0 aliphatic carbocycles. The molecule has 0 aliphatic heterocycles. The molecule has 2 aromatic rings. The third-order valence-electron chi connectivity index (χ3n) is 2.78. The van der Waals surface area contributed by atoms with Gasteiger partial charge in [0.1, 0.15) is 0 Å². The molecular weight excluding hydrogens is 309 g/mol. The number of halogens is 2. The van der Waals surface area contributed by atoms with E-state index < -0.39 is 0 Å². The maximum Gasteiger partial charge on any atom is 0.249 e. The molecule has 2 rings (SSSR count). The molecule has 0 spiro atoms. The van der Waals surface area contributed by atoms with Gasteiger partial charge in [-0.15, -0.1) is 5.10 Å². The Hall–Kier alpha value is -1.59. The van der Waals surface area contributed by atoms with E-state index in [1.54, 1.807) is 24.4 Å². The summed E-state index contributed by atoms with van der Waals surface area (Å²) in [7, 11) is 0. The van der Waals surface area contributed by atoms with Gasteiger partial charge in [0.05, 0.1) is 21.9 Å². The highest BCUT2D eigenvalue weighted by Crippen LogP contribution is 2.30. The van der Waals surface area contributed by atoms with E-state index in [0.29, 0.717) is 33.4 Å². The summed E-state index contributed by atoms with van der Waals surface area (Å²) in [6.45, 7) is 5.19. The summed E-state index contributed by atoms with van der Waals surface area (Å²) in [6.07, 6.45) is 2.65. The molecule has 2 N–H and O–H groups in total. The van der Waals surface area contributed by atoms with Crippen LogP contribution < -0.4 is 10.6 Å². The average molecular weight is 326 g/mol. The Morgan fingerprint density at radius 3 is 2.81 bits per heavy atom. The van der Waals surface area contributed by atoms with Crippen LogP contribution in [0.15, 0.2) is 24.4 Å². The maximum atomic E-state index is 6.12. The van der Waals surface area contributed by atoms with Gasteiger partial charge in [0.2, 0.25) is 5.95 Å². The van der Waals surface area contributed by atoms with Crippen LogP contribution in [-0.2, 0) is 0 Å². The topological polar surface area (TPSA) is 62.7 Å². The number of anilines is 3. The second kappa shape index (κ2) is 7.43. The Bertz CT molecular complexity index is 604. The van der Waals surface area contributed by atoms with E-state index in [4.69, 9.17) is 23.2 Å². The van der Waals surface area contributed by atoms with Gasteiger partial charge in [0, 0.05) is 6.54 Å². The first-order valence-corrected chi connectivity index (χ1v) is 7.46. The first-order chi connectivity index (χ1) is 10.1. The molecule has 0 saturated heterocycles. The molecule has 0 bridgehead atoms. The number of benzene rings is 1. The fraction of sp³-hybridized carbons (Fsp3) is 0.357. The zero-order valence-corrected chi connectivity index (χ0v) is 13.4. The summed E-state index contributed by atoms with van der Waals surface area (Å²) in [6, 6.07) is 5.32. The minimum Gasteiger partial charge on any atom is -0.369 e. The van der Waals surface area contributed by atoms with Crippen molar-refractivity contribution < 1.29 is 0 Å². The van der Waals surface area contributed by atoms with Crippen molar-refractivity contribution in [1.82, 2.24) is 15.2 Å². The Balaban J connectivity index is 2.05. The summed E-state index contributed by atoms with van der Waals surface area (Å²) < 4.78 is 0. The zero-order chi connectivity index (χ0) is 15.2. The van der Waals surface area contributed by atoms with Gasteiger partial charge in [0.15, 0.2) is 5.82 Å². The SMILES string of the molecule is CC(C)CCNc1cnnc(Nc2cccc(Cl)c2Cl)n1. The van der Waals surface area contributed by atoms with Gasteiger partial charge < -0.3 is 10.6 Å². The van der Waals surface area contributed by atoms with Gasteiger partial charge in [-0.2, -0.15) is 10.1 Å². The van der Waals surface area contributed by atoms with E-state index in [1.807, 2.05) is 0 Å². The number of rotatable bonds is 6. The monoisotopic (exact) mass is 325 g/mol. The van der Waals surface area contributed by atoms with Gasteiger partial charge in [-0.1, -0.05) is 43.1 Å². The molecule has 0 saturated carbocycles. The van der Waals surface area contributed by atoms with Crippen LogP contribution in [0.3, 0.4) is 0 Å². The first kappa shape index (κ1) is 15.8. The first-order valence-electron chi connectivity index (χ1n) is 6.71. The van der Waals surface area contributed by atoms with Crippen LogP contribution in [0.4, 0.5) is 17.5 Å². The van der Waals surface area contributed by atoms with Gasteiger partial charge >= 0.3 is 0 Å². The van der Waals surface area contributed by atoms with Crippen molar-refractivity contribution in [1.29, 1.82) is 0 Å². The molecule has 112 valence electrons. The van der Waals surface area contributed by atoms with Crippen LogP contribution >= 0.6 is 23.2 Å². The average Bonchev–Trinajstić information content (AvgIpc) is 2.44. The van der Waals surface area contributed by atoms with Crippen LogP contribution in [-0.4, -0.2) is 21.7 Å². The van der Waals surface area contributed by atoms with E-state index in [2.05, 4.69) is 39.7 Å². The van der Waals surface area contributed by atoms with E-state index in [-0.39, 0.29) is 0 Å². The zero-order valence-electron chi connectivity index (χ0n) is 11.9. The van der Waals surface area contributed by atoms with Crippen LogP contribution in [0.2, 0.25) is 10.0 Å². The summed E-state index contributed by atoms with van der Waals surface area (Å²) in [5.74, 6) is 1.68. The second-order valence-electron chi connectivity index (χ2n) is 5.00. The molecule has 0 amide bonds. The van der Waals surface area contributed by atoms with Crippen molar-refractivity contribution in [2.75, 3.05) is 17.2 Å². The summed E-state index contributed by atoms with van der Waals surface area (Å²) in [5.41, 5.74) is 0.644. The molecule has 1 heterocycles. The number of nitrogens with zero attached hydrogens (tertiary/aromatic N) is 3. The molecular formula is C14H17Cl2N5. The lowest BCUT2D eigenvalue weighted by atomic mass is 10.1. The largest absolute Gasteiger partial charge is 0.369 e. The van der Waals surface area contributed by atoms with Gasteiger partial charge in [-0.25, -0.2) is 0 Å². The van der Waals surface area contributed by atoms with Crippen molar-refractivity contribution >= 4 is 40.7 Å². The van der Waals surface area contributed by atoms with E-state index in [0.717, 1.165) is 13.0 Å². The summed E-state index contributed by atoms with van der Waals surface area (Å²) in [4.78, 5) is 4.34. The smallest absolute Gasteiger partial charge is 0.249 e. The van der Waals surface area contributed by atoms with E-state index >= 15 is 0 Å². The normalized spacial score (nSPS) is 10.7. The Kier molecular flexibility index (Phi) is 5.59. The van der Waals surface area contributed by atoms with Crippen LogP contribution in [0, 0.1) is 5.92 Å². The molecule has 7 heteroatoms. The molecule has 0 aliphatic rings. The van der Waals surface area contributed by atoms with Crippen molar-refractivity contribution in [3.63, 3.8) is 0 Å². The van der Waals surface area contributed by atoms with E-state index in [1.165, 1.54) is 0 Å². The predicted octanol–water partition coefficient (Wildman–Crippen LogP) is 4.38. The van der Waals surface area contributed by atoms with Crippen molar-refractivity contribution in [3.05, 3.63) is 34.4 Å². The standard InChI is InChI=1S/C14H17Cl2N5/c1-9(2)6-7-17-12-8-18-21-14(20-12)19-11-5-3-4-10(15)13(11)16/h3-5,8-9H,6-7H2,1-2H3,(H2,17,19,20,21). The van der Waals surface area contributed by atoms with Crippen molar-refractivity contribution in [2.45, 2.75) is 20.3 Å². The van der Waals surface area contributed by atoms with Gasteiger partial charge in [-0.05, 0) is 24.5 Å². The Labute approximate surface area is 134 Å². The van der Waals surface area contributed by atoms with Crippen LogP contribution in [0.1, 0.15) is 20.3 Å². The van der Waals surface area contributed by atoms with Crippen LogP contribution in [0.25, 0.3) is 0 Å². The quantitative estimate of drug-likeness (QED) is 0.825. The minimum absolute atomic E-state index is 0.369. The summed E-state index contributed by atoms with van der Waals surface area (Å²) >= 11 is 12.1. The fourth-order valence-electron chi connectivity index (χ4n) is 1.65. The molecule has 21 heavy (non-hydrogen) atoms. The lowest BCUT2D eigenvalue weighted by molar-refractivity contribution is 0.606. The predicted molar refractivity (Wildman–Crippen MR) is 87.5 cm³/mol.